The minimum Gasteiger partial charge on any atom is -0.351 e. The van der Waals surface area contributed by atoms with Crippen LogP contribution in [0.5, 0.6) is 0 Å². The first kappa shape index (κ1) is 10.4. The van der Waals surface area contributed by atoms with Crippen molar-refractivity contribution in [3.8, 4) is 0 Å². The number of hydrogen-bond acceptors (Lipinski definition) is 4. The third-order valence-corrected chi connectivity index (χ3v) is 2.99. The predicted molar refractivity (Wildman–Crippen MR) is 60.7 cm³/mol. The fourth-order valence-corrected chi connectivity index (χ4v) is 2.16. The van der Waals surface area contributed by atoms with Gasteiger partial charge in [0.05, 0.1) is 6.20 Å². The SMILES string of the molecule is NCC1CCCCCN1c1cnccn1. The fraction of sp³-hybridized carbons (Fsp3) is 0.636. The van der Waals surface area contributed by atoms with Gasteiger partial charge in [-0.2, -0.15) is 0 Å². The molecule has 2 rings (SSSR count). The number of nitrogens with two attached hydrogens (primary N) is 1. The molecule has 82 valence electrons. The van der Waals surface area contributed by atoms with Crippen LogP contribution in [0, 0.1) is 0 Å². The molecule has 1 saturated heterocycles. The summed E-state index contributed by atoms with van der Waals surface area (Å²) in [5.41, 5.74) is 5.81. The number of anilines is 1. The molecule has 4 nitrogen and oxygen atoms in total. The van der Waals surface area contributed by atoms with Gasteiger partial charge in [-0.3, -0.25) is 4.98 Å². The van der Waals surface area contributed by atoms with E-state index in [0.717, 1.165) is 12.4 Å². The van der Waals surface area contributed by atoms with Gasteiger partial charge in [0.1, 0.15) is 5.82 Å². The summed E-state index contributed by atoms with van der Waals surface area (Å²) in [5, 5.41) is 0. The Morgan fingerprint density at radius 1 is 1.33 bits per heavy atom. The minimum atomic E-state index is 0.434. The Kier molecular flexibility index (Phi) is 3.50. The van der Waals surface area contributed by atoms with Crippen LogP contribution < -0.4 is 10.6 Å². The zero-order valence-corrected chi connectivity index (χ0v) is 8.97. The largest absolute Gasteiger partial charge is 0.351 e. The van der Waals surface area contributed by atoms with Crippen LogP contribution in [0.3, 0.4) is 0 Å². The first-order valence-corrected chi connectivity index (χ1v) is 5.64. The summed E-state index contributed by atoms with van der Waals surface area (Å²) in [6.45, 7) is 1.76. The number of rotatable bonds is 2. The molecule has 1 fully saturated rings. The van der Waals surface area contributed by atoms with Gasteiger partial charge >= 0.3 is 0 Å². The van der Waals surface area contributed by atoms with E-state index < -0.39 is 0 Å². The van der Waals surface area contributed by atoms with E-state index >= 15 is 0 Å². The van der Waals surface area contributed by atoms with Gasteiger partial charge in [0.15, 0.2) is 0 Å². The average molecular weight is 206 g/mol. The average Bonchev–Trinajstić information content (AvgIpc) is 2.55. The molecule has 15 heavy (non-hydrogen) atoms. The van der Waals surface area contributed by atoms with E-state index in [0.29, 0.717) is 12.6 Å². The van der Waals surface area contributed by atoms with Gasteiger partial charge in [0.25, 0.3) is 0 Å². The highest BCUT2D eigenvalue weighted by molar-refractivity contribution is 5.37. The second-order valence-electron chi connectivity index (χ2n) is 4.00. The summed E-state index contributed by atoms with van der Waals surface area (Å²) >= 11 is 0. The molecule has 0 spiro atoms. The van der Waals surface area contributed by atoms with Crippen molar-refractivity contribution in [3.05, 3.63) is 18.6 Å². The highest BCUT2D eigenvalue weighted by Gasteiger charge is 2.20. The molecule has 0 amide bonds. The molecule has 0 aliphatic carbocycles. The van der Waals surface area contributed by atoms with E-state index in [-0.39, 0.29) is 0 Å². The molecule has 1 aromatic heterocycles. The fourth-order valence-electron chi connectivity index (χ4n) is 2.16. The summed E-state index contributed by atoms with van der Waals surface area (Å²) in [7, 11) is 0. The van der Waals surface area contributed by atoms with Crippen molar-refractivity contribution in [3.63, 3.8) is 0 Å². The van der Waals surface area contributed by atoms with Crippen LogP contribution in [-0.4, -0.2) is 29.1 Å². The monoisotopic (exact) mass is 206 g/mol. The normalized spacial score (nSPS) is 22.5. The number of aromatic nitrogens is 2. The second-order valence-corrected chi connectivity index (χ2v) is 4.00. The maximum Gasteiger partial charge on any atom is 0.147 e. The van der Waals surface area contributed by atoms with E-state index in [1.807, 2.05) is 6.20 Å². The van der Waals surface area contributed by atoms with Crippen LogP contribution in [-0.2, 0) is 0 Å². The van der Waals surface area contributed by atoms with Gasteiger partial charge in [0, 0.05) is 31.5 Å². The van der Waals surface area contributed by atoms with Crippen molar-refractivity contribution in [1.29, 1.82) is 0 Å². The molecular formula is C11H18N4. The van der Waals surface area contributed by atoms with Gasteiger partial charge in [0.2, 0.25) is 0 Å². The molecule has 1 aliphatic heterocycles. The Labute approximate surface area is 90.5 Å². The van der Waals surface area contributed by atoms with Crippen molar-refractivity contribution in [1.82, 2.24) is 9.97 Å². The number of hydrogen-bond donors (Lipinski definition) is 1. The molecule has 0 radical (unpaired) electrons. The van der Waals surface area contributed by atoms with Crippen LogP contribution in [0.25, 0.3) is 0 Å². The Bertz CT molecular complexity index is 288. The van der Waals surface area contributed by atoms with Crippen molar-refractivity contribution in [2.24, 2.45) is 5.73 Å². The van der Waals surface area contributed by atoms with Crippen molar-refractivity contribution >= 4 is 5.82 Å². The van der Waals surface area contributed by atoms with Crippen molar-refractivity contribution in [2.75, 3.05) is 18.0 Å². The van der Waals surface area contributed by atoms with Gasteiger partial charge in [-0.05, 0) is 12.8 Å². The third kappa shape index (κ3) is 2.45. The molecule has 2 N–H and O–H groups in total. The molecule has 0 aromatic carbocycles. The van der Waals surface area contributed by atoms with Gasteiger partial charge in [-0.1, -0.05) is 12.8 Å². The summed E-state index contributed by atoms with van der Waals surface area (Å²) in [5.74, 6) is 0.967. The predicted octanol–water partition coefficient (Wildman–Crippen LogP) is 1.18. The highest BCUT2D eigenvalue weighted by Crippen LogP contribution is 2.20. The van der Waals surface area contributed by atoms with Crippen LogP contribution in [0.4, 0.5) is 5.82 Å². The van der Waals surface area contributed by atoms with Crippen LogP contribution in [0.15, 0.2) is 18.6 Å². The quantitative estimate of drug-likeness (QED) is 0.789. The zero-order valence-electron chi connectivity index (χ0n) is 8.97. The summed E-state index contributed by atoms with van der Waals surface area (Å²) in [6.07, 6.45) is 10.3. The maximum absolute atomic E-state index is 5.81. The molecule has 1 aromatic rings. The number of nitrogens with zero attached hydrogens (tertiary/aromatic N) is 3. The second kappa shape index (κ2) is 5.07. The smallest absolute Gasteiger partial charge is 0.147 e. The minimum absolute atomic E-state index is 0.434. The molecule has 2 heterocycles. The van der Waals surface area contributed by atoms with E-state index in [9.17, 15) is 0 Å². The molecule has 4 heteroatoms. The van der Waals surface area contributed by atoms with Gasteiger partial charge in [-0.25, -0.2) is 4.98 Å². The van der Waals surface area contributed by atoms with E-state index in [4.69, 9.17) is 5.73 Å². The lowest BCUT2D eigenvalue weighted by Gasteiger charge is -2.29. The Morgan fingerprint density at radius 3 is 3.00 bits per heavy atom. The molecule has 1 aliphatic rings. The van der Waals surface area contributed by atoms with Crippen LogP contribution in [0.1, 0.15) is 25.7 Å². The highest BCUT2D eigenvalue weighted by atomic mass is 15.2. The van der Waals surface area contributed by atoms with E-state index in [2.05, 4.69) is 14.9 Å². The lowest BCUT2D eigenvalue weighted by atomic mass is 10.1. The molecule has 0 saturated carbocycles. The van der Waals surface area contributed by atoms with Crippen LogP contribution >= 0.6 is 0 Å². The standard InChI is InChI=1S/C11H18N4/c12-8-10-4-2-1-3-7-15(10)11-9-13-5-6-14-11/h5-6,9-10H,1-4,7-8,12H2. The summed E-state index contributed by atoms with van der Waals surface area (Å²) < 4.78 is 0. The Balaban J connectivity index is 2.16. The lowest BCUT2D eigenvalue weighted by Crippen LogP contribution is -2.40. The maximum atomic E-state index is 5.81. The van der Waals surface area contributed by atoms with Gasteiger partial charge in [-0.15, -0.1) is 0 Å². The van der Waals surface area contributed by atoms with Crippen molar-refractivity contribution in [2.45, 2.75) is 31.7 Å². The summed E-state index contributed by atoms with van der Waals surface area (Å²) in [6, 6.07) is 0.434. The lowest BCUT2D eigenvalue weighted by molar-refractivity contribution is 0.575. The first-order valence-electron chi connectivity index (χ1n) is 5.64. The Hall–Kier alpha value is -1.16. The molecular weight excluding hydrogens is 188 g/mol. The van der Waals surface area contributed by atoms with Crippen LogP contribution in [0.2, 0.25) is 0 Å². The van der Waals surface area contributed by atoms with E-state index in [1.54, 1.807) is 12.4 Å². The molecule has 0 bridgehead atoms. The van der Waals surface area contributed by atoms with E-state index in [1.165, 1.54) is 25.7 Å². The molecule has 1 unspecified atom stereocenters. The zero-order chi connectivity index (χ0) is 10.5. The first-order chi connectivity index (χ1) is 7.42. The Morgan fingerprint density at radius 2 is 2.27 bits per heavy atom. The topological polar surface area (TPSA) is 55.0 Å². The molecule has 1 atom stereocenters. The third-order valence-electron chi connectivity index (χ3n) is 2.99. The van der Waals surface area contributed by atoms with Gasteiger partial charge < -0.3 is 10.6 Å². The van der Waals surface area contributed by atoms with Crippen molar-refractivity contribution < 1.29 is 0 Å². The summed E-state index contributed by atoms with van der Waals surface area (Å²) in [4.78, 5) is 10.8.